The van der Waals surface area contributed by atoms with E-state index in [4.69, 9.17) is 4.42 Å². The maximum atomic E-state index is 11.7. The monoisotopic (exact) mass is 314 g/mol. The van der Waals surface area contributed by atoms with Crippen molar-refractivity contribution < 1.29 is 9.73 Å². The lowest BCUT2D eigenvalue weighted by atomic mass is 10.1. The average molecular weight is 314 g/mol. The molecule has 3 aromatic rings. The van der Waals surface area contributed by atoms with Crippen LogP contribution in [0, 0.1) is 0 Å². The molecular formula is C18H20NO2S+. The summed E-state index contributed by atoms with van der Waals surface area (Å²) >= 11 is 1.79. The maximum Gasteiger partial charge on any atom is 0.336 e. The third-order valence-corrected chi connectivity index (χ3v) is 4.78. The molecule has 0 saturated carbocycles. The third-order valence-electron chi connectivity index (χ3n) is 3.84. The van der Waals surface area contributed by atoms with Gasteiger partial charge in [0, 0.05) is 28.3 Å². The lowest BCUT2D eigenvalue weighted by molar-refractivity contribution is -0.669. The highest BCUT2D eigenvalue weighted by molar-refractivity contribution is 7.09. The summed E-state index contributed by atoms with van der Waals surface area (Å²) in [6.07, 6.45) is 2.01. The number of benzene rings is 1. The Morgan fingerprint density at radius 3 is 2.91 bits per heavy atom. The Morgan fingerprint density at radius 1 is 1.23 bits per heavy atom. The van der Waals surface area contributed by atoms with Crippen LogP contribution in [0.4, 0.5) is 0 Å². The number of fused-ring (bicyclic) bond motifs is 1. The largest absolute Gasteiger partial charge is 0.423 e. The van der Waals surface area contributed by atoms with Crippen LogP contribution in [0.15, 0.2) is 51.0 Å². The van der Waals surface area contributed by atoms with Crippen LogP contribution in [0.3, 0.4) is 0 Å². The molecular weight excluding hydrogens is 294 g/mol. The highest BCUT2D eigenvalue weighted by atomic mass is 32.1. The molecule has 3 rings (SSSR count). The van der Waals surface area contributed by atoms with E-state index in [0.717, 1.165) is 36.9 Å². The summed E-state index contributed by atoms with van der Waals surface area (Å²) in [5.41, 5.74) is 2.69. The van der Waals surface area contributed by atoms with Crippen LogP contribution in [-0.2, 0) is 19.4 Å². The van der Waals surface area contributed by atoms with Gasteiger partial charge in [0.2, 0.25) is 0 Å². The first-order valence-electron chi connectivity index (χ1n) is 7.66. The highest BCUT2D eigenvalue weighted by Crippen LogP contribution is 2.18. The van der Waals surface area contributed by atoms with Crippen LogP contribution in [0.2, 0.25) is 0 Å². The molecule has 0 unspecified atom stereocenters. The Balaban J connectivity index is 1.73. The van der Waals surface area contributed by atoms with E-state index in [1.165, 1.54) is 10.4 Å². The van der Waals surface area contributed by atoms with E-state index in [-0.39, 0.29) is 5.63 Å². The van der Waals surface area contributed by atoms with Gasteiger partial charge in [-0.05, 0) is 29.5 Å². The Bertz CT molecular complexity index is 806. The number of hydrogen-bond acceptors (Lipinski definition) is 3. The molecule has 4 heteroatoms. The summed E-state index contributed by atoms with van der Waals surface area (Å²) in [5, 5.41) is 5.40. The van der Waals surface area contributed by atoms with Crippen molar-refractivity contribution in [2.24, 2.45) is 0 Å². The van der Waals surface area contributed by atoms with Crippen molar-refractivity contribution in [3.8, 4) is 0 Å². The highest BCUT2D eigenvalue weighted by Gasteiger charge is 2.08. The van der Waals surface area contributed by atoms with Gasteiger partial charge in [-0.15, -0.1) is 11.3 Å². The van der Waals surface area contributed by atoms with E-state index < -0.39 is 0 Å². The molecule has 22 heavy (non-hydrogen) atoms. The van der Waals surface area contributed by atoms with Crippen LogP contribution in [0.5, 0.6) is 0 Å². The topological polar surface area (TPSA) is 46.8 Å². The Hall–Kier alpha value is -1.91. The van der Waals surface area contributed by atoms with Gasteiger partial charge in [-0.25, -0.2) is 4.79 Å². The van der Waals surface area contributed by atoms with Gasteiger partial charge in [-0.2, -0.15) is 0 Å². The Labute approximate surface area is 133 Å². The van der Waals surface area contributed by atoms with Crippen molar-refractivity contribution in [3.05, 3.63) is 68.2 Å². The average Bonchev–Trinajstić information content (AvgIpc) is 3.04. The summed E-state index contributed by atoms with van der Waals surface area (Å²) in [4.78, 5) is 13.1. The van der Waals surface area contributed by atoms with Crippen LogP contribution in [0.1, 0.15) is 22.9 Å². The first kappa shape index (κ1) is 15.0. The van der Waals surface area contributed by atoms with Crippen molar-refractivity contribution in [2.45, 2.75) is 26.3 Å². The van der Waals surface area contributed by atoms with Crippen molar-refractivity contribution in [1.82, 2.24) is 0 Å². The molecule has 2 heterocycles. The SMILES string of the molecule is CCc1ccc2c(C[NH2+]CCc3cccs3)cc(=O)oc2c1. The zero-order valence-electron chi connectivity index (χ0n) is 12.7. The Morgan fingerprint density at radius 2 is 2.14 bits per heavy atom. The molecule has 0 bridgehead atoms. The summed E-state index contributed by atoms with van der Waals surface area (Å²) in [6.45, 7) is 3.93. The first-order chi connectivity index (χ1) is 10.8. The van der Waals surface area contributed by atoms with Gasteiger partial charge in [0.1, 0.15) is 12.1 Å². The second-order valence-electron chi connectivity index (χ2n) is 5.39. The predicted octanol–water partition coefficient (Wildman–Crippen LogP) is 2.72. The number of aryl methyl sites for hydroxylation is 1. The molecule has 0 aliphatic rings. The quantitative estimate of drug-likeness (QED) is 0.562. The van der Waals surface area contributed by atoms with Gasteiger partial charge in [0.25, 0.3) is 0 Å². The summed E-state index contributed by atoms with van der Waals surface area (Å²) < 4.78 is 5.34. The van der Waals surface area contributed by atoms with E-state index in [2.05, 4.69) is 41.9 Å². The summed E-state index contributed by atoms with van der Waals surface area (Å²) in [5.74, 6) is 0. The second-order valence-corrected chi connectivity index (χ2v) is 6.42. The second kappa shape index (κ2) is 6.90. The summed E-state index contributed by atoms with van der Waals surface area (Å²) in [7, 11) is 0. The molecule has 0 amide bonds. The van der Waals surface area contributed by atoms with Crippen molar-refractivity contribution in [3.63, 3.8) is 0 Å². The number of hydrogen-bond donors (Lipinski definition) is 1. The van der Waals surface area contributed by atoms with Gasteiger partial charge >= 0.3 is 5.63 Å². The van der Waals surface area contributed by atoms with Gasteiger partial charge in [-0.3, -0.25) is 0 Å². The zero-order chi connectivity index (χ0) is 15.4. The smallest absolute Gasteiger partial charge is 0.336 e. The molecule has 0 aliphatic carbocycles. The van der Waals surface area contributed by atoms with E-state index >= 15 is 0 Å². The number of thiophene rings is 1. The molecule has 0 spiro atoms. The molecule has 114 valence electrons. The minimum absolute atomic E-state index is 0.262. The van der Waals surface area contributed by atoms with E-state index in [1.807, 2.05) is 6.07 Å². The first-order valence-corrected chi connectivity index (χ1v) is 8.54. The van der Waals surface area contributed by atoms with Crippen LogP contribution in [-0.4, -0.2) is 6.54 Å². The van der Waals surface area contributed by atoms with Crippen molar-refractivity contribution in [1.29, 1.82) is 0 Å². The van der Waals surface area contributed by atoms with E-state index in [1.54, 1.807) is 17.4 Å². The lowest BCUT2D eigenvalue weighted by Crippen LogP contribution is -2.83. The van der Waals surface area contributed by atoms with Gasteiger partial charge in [-0.1, -0.05) is 25.1 Å². The fourth-order valence-electron chi connectivity index (χ4n) is 2.62. The normalized spacial score (nSPS) is 11.1. The van der Waals surface area contributed by atoms with Crippen LogP contribution < -0.4 is 10.9 Å². The number of nitrogens with two attached hydrogens (primary N) is 1. The van der Waals surface area contributed by atoms with Crippen molar-refractivity contribution in [2.75, 3.05) is 6.54 Å². The molecule has 0 radical (unpaired) electrons. The molecule has 0 fully saturated rings. The molecule has 0 atom stereocenters. The maximum absolute atomic E-state index is 11.7. The molecule has 2 N–H and O–H groups in total. The van der Waals surface area contributed by atoms with Crippen LogP contribution in [0.25, 0.3) is 11.0 Å². The minimum atomic E-state index is -0.262. The third kappa shape index (κ3) is 3.46. The lowest BCUT2D eigenvalue weighted by Gasteiger charge is -2.06. The zero-order valence-corrected chi connectivity index (χ0v) is 13.5. The van der Waals surface area contributed by atoms with Crippen LogP contribution >= 0.6 is 11.3 Å². The number of rotatable bonds is 6. The Kier molecular flexibility index (Phi) is 4.71. The number of quaternary nitrogens is 1. The summed E-state index contributed by atoms with van der Waals surface area (Å²) in [6, 6.07) is 12.0. The van der Waals surface area contributed by atoms with Crippen molar-refractivity contribution >= 4 is 22.3 Å². The molecule has 2 aromatic heterocycles. The predicted molar refractivity (Wildman–Crippen MR) is 90.4 cm³/mol. The molecule has 0 aliphatic heterocycles. The fourth-order valence-corrected chi connectivity index (χ4v) is 3.34. The standard InChI is InChI=1S/C18H19NO2S/c1-2-13-5-6-16-14(11-18(20)21-17(16)10-13)12-19-8-7-15-4-3-9-22-15/h3-6,9-11,19H,2,7-8,12H2,1H3/p+1. The minimum Gasteiger partial charge on any atom is -0.423 e. The molecule has 0 saturated heterocycles. The molecule has 1 aromatic carbocycles. The van der Waals surface area contributed by atoms with Gasteiger partial charge in [0.15, 0.2) is 0 Å². The van der Waals surface area contributed by atoms with E-state index in [9.17, 15) is 4.79 Å². The fraction of sp³-hybridized carbons (Fsp3) is 0.278. The van der Waals surface area contributed by atoms with Gasteiger partial charge < -0.3 is 9.73 Å². The van der Waals surface area contributed by atoms with Gasteiger partial charge in [0.05, 0.1) is 6.54 Å². The molecule has 3 nitrogen and oxygen atoms in total. The van der Waals surface area contributed by atoms with E-state index in [0.29, 0.717) is 5.58 Å².